The summed E-state index contributed by atoms with van der Waals surface area (Å²) in [5.74, 6) is 0.744. The molecule has 6 heteroatoms. The predicted octanol–water partition coefficient (Wildman–Crippen LogP) is 0.884. The van der Waals surface area contributed by atoms with Crippen molar-refractivity contribution in [2.75, 3.05) is 26.2 Å². The van der Waals surface area contributed by atoms with Crippen molar-refractivity contribution in [2.45, 2.75) is 20.0 Å². The number of ether oxygens (including phenoxy) is 1. The van der Waals surface area contributed by atoms with Gasteiger partial charge in [-0.15, -0.1) is 0 Å². The molecule has 1 aromatic heterocycles. The number of hydrogen-bond acceptors (Lipinski definition) is 3. The van der Waals surface area contributed by atoms with Gasteiger partial charge < -0.3 is 19.5 Å². The molecule has 2 aliphatic rings. The van der Waals surface area contributed by atoms with Gasteiger partial charge in [0.1, 0.15) is 5.69 Å². The van der Waals surface area contributed by atoms with Gasteiger partial charge >= 0.3 is 0 Å². The third-order valence-electron chi connectivity index (χ3n) is 4.95. The van der Waals surface area contributed by atoms with E-state index in [1.807, 2.05) is 48.7 Å². The highest BCUT2D eigenvalue weighted by Crippen LogP contribution is 2.33. The number of rotatable bonds is 4. The van der Waals surface area contributed by atoms with E-state index in [-0.39, 0.29) is 29.8 Å². The molecule has 0 unspecified atom stereocenters. The maximum atomic E-state index is 12.2. The van der Waals surface area contributed by atoms with Crippen LogP contribution in [0.1, 0.15) is 24.3 Å². The topological polar surface area (TPSA) is 63.6 Å². The second kappa shape index (κ2) is 6.35. The van der Waals surface area contributed by atoms with Gasteiger partial charge in [0, 0.05) is 50.6 Å². The number of aromatic nitrogens is 1. The summed E-state index contributed by atoms with van der Waals surface area (Å²) in [6.45, 7) is 6.53. The molecule has 0 radical (unpaired) electrons. The van der Waals surface area contributed by atoms with Crippen molar-refractivity contribution in [3.8, 4) is 0 Å². The van der Waals surface area contributed by atoms with Crippen molar-refractivity contribution >= 4 is 11.8 Å². The Kier molecular flexibility index (Phi) is 4.43. The molecule has 2 fully saturated rings. The molecule has 1 aromatic rings. The quantitative estimate of drug-likeness (QED) is 0.896. The van der Waals surface area contributed by atoms with Crippen LogP contribution in [-0.4, -0.2) is 53.6 Å². The lowest BCUT2D eigenvalue weighted by atomic mass is 9.93. The predicted molar refractivity (Wildman–Crippen MR) is 85.9 cm³/mol. The van der Waals surface area contributed by atoms with Gasteiger partial charge in [0.25, 0.3) is 5.91 Å². The number of hydrogen-bond donors (Lipinski definition) is 1. The standard InChI is InChI=1S/C17H25N3O3/c1-11(2)17(22)20-8-13-12(10-23-15(13)9-20)7-18-16(21)14-5-4-6-19(14)3/h4-6,11-13,15H,7-10H2,1-3H3,(H,18,21)/t12-,13-,15-/m1/s1. The Labute approximate surface area is 136 Å². The number of amides is 2. The van der Waals surface area contributed by atoms with Crippen LogP contribution in [0.2, 0.25) is 0 Å². The summed E-state index contributed by atoms with van der Waals surface area (Å²) in [6.07, 6.45) is 1.98. The SMILES string of the molecule is CC(C)C(=O)N1C[C@@H]2[C@H](CNC(=O)c3cccn3C)CO[C@@H]2C1. The molecule has 2 aliphatic heterocycles. The first kappa shape index (κ1) is 16.1. The molecule has 3 rings (SSSR count). The third-order valence-corrected chi connectivity index (χ3v) is 4.95. The van der Waals surface area contributed by atoms with Crippen LogP contribution in [0, 0.1) is 17.8 Å². The zero-order valence-corrected chi connectivity index (χ0v) is 14.0. The summed E-state index contributed by atoms with van der Waals surface area (Å²) in [5.41, 5.74) is 0.656. The first-order valence-corrected chi connectivity index (χ1v) is 8.27. The third kappa shape index (κ3) is 3.13. The van der Waals surface area contributed by atoms with E-state index in [9.17, 15) is 9.59 Å². The highest BCUT2D eigenvalue weighted by Gasteiger charge is 2.45. The molecule has 1 N–H and O–H groups in total. The fraction of sp³-hybridized carbons (Fsp3) is 0.647. The molecule has 126 valence electrons. The van der Waals surface area contributed by atoms with Crippen molar-refractivity contribution in [3.05, 3.63) is 24.0 Å². The molecule has 2 amide bonds. The summed E-state index contributed by atoms with van der Waals surface area (Å²) < 4.78 is 7.65. The molecular weight excluding hydrogens is 294 g/mol. The summed E-state index contributed by atoms with van der Waals surface area (Å²) in [6, 6.07) is 3.66. The minimum atomic E-state index is -0.0611. The van der Waals surface area contributed by atoms with Crippen molar-refractivity contribution in [2.24, 2.45) is 24.8 Å². The van der Waals surface area contributed by atoms with Crippen LogP contribution < -0.4 is 5.32 Å². The van der Waals surface area contributed by atoms with Crippen LogP contribution in [0.5, 0.6) is 0 Å². The Bertz CT molecular complexity index is 596. The smallest absolute Gasteiger partial charge is 0.267 e. The molecule has 0 saturated carbocycles. The first-order chi connectivity index (χ1) is 11.0. The van der Waals surface area contributed by atoms with Gasteiger partial charge in [-0.2, -0.15) is 0 Å². The minimum Gasteiger partial charge on any atom is -0.376 e. The minimum absolute atomic E-state index is 0.0179. The van der Waals surface area contributed by atoms with Gasteiger partial charge in [-0.3, -0.25) is 9.59 Å². The molecule has 0 aromatic carbocycles. The lowest BCUT2D eigenvalue weighted by molar-refractivity contribution is -0.134. The Morgan fingerprint density at radius 2 is 2.17 bits per heavy atom. The molecule has 2 saturated heterocycles. The monoisotopic (exact) mass is 319 g/mol. The molecular formula is C17H25N3O3. The van der Waals surface area contributed by atoms with Gasteiger partial charge in [0.15, 0.2) is 0 Å². The number of nitrogens with zero attached hydrogens (tertiary/aromatic N) is 2. The second-order valence-corrected chi connectivity index (χ2v) is 6.91. The van der Waals surface area contributed by atoms with Gasteiger partial charge in [0.05, 0.1) is 12.7 Å². The van der Waals surface area contributed by atoms with E-state index in [1.54, 1.807) is 0 Å². The van der Waals surface area contributed by atoms with Gasteiger partial charge in [0.2, 0.25) is 5.91 Å². The van der Waals surface area contributed by atoms with Crippen molar-refractivity contribution in [1.29, 1.82) is 0 Å². The Balaban J connectivity index is 1.55. The Hall–Kier alpha value is -1.82. The summed E-state index contributed by atoms with van der Waals surface area (Å²) >= 11 is 0. The van der Waals surface area contributed by atoms with Crippen LogP contribution in [0.3, 0.4) is 0 Å². The van der Waals surface area contributed by atoms with Crippen molar-refractivity contribution in [3.63, 3.8) is 0 Å². The molecule has 0 spiro atoms. The van der Waals surface area contributed by atoms with E-state index < -0.39 is 0 Å². The number of carbonyl (C=O) groups is 2. The lowest BCUT2D eigenvalue weighted by Crippen LogP contribution is -2.37. The van der Waals surface area contributed by atoms with Gasteiger partial charge in [-0.1, -0.05) is 13.8 Å². The zero-order valence-electron chi connectivity index (χ0n) is 14.0. The van der Waals surface area contributed by atoms with E-state index in [0.29, 0.717) is 31.3 Å². The molecule has 6 nitrogen and oxygen atoms in total. The van der Waals surface area contributed by atoms with E-state index in [2.05, 4.69) is 5.32 Å². The maximum Gasteiger partial charge on any atom is 0.267 e. The van der Waals surface area contributed by atoms with Gasteiger partial charge in [-0.05, 0) is 12.1 Å². The van der Waals surface area contributed by atoms with E-state index >= 15 is 0 Å². The van der Waals surface area contributed by atoms with Crippen LogP contribution in [0.4, 0.5) is 0 Å². The molecule has 0 bridgehead atoms. The molecule has 23 heavy (non-hydrogen) atoms. The maximum absolute atomic E-state index is 12.2. The van der Waals surface area contributed by atoms with E-state index in [1.165, 1.54) is 0 Å². The van der Waals surface area contributed by atoms with Gasteiger partial charge in [-0.25, -0.2) is 0 Å². The van der Waals surface area contributed by atoms with Crippen molar-refractivity contribution in [1.82, 2.24) is 14.8 Å². The van der Waals surface area contributed by atoms with E-state index in [0.717, 1.165) is 6.54 Å². The Morgan fingerprint density at radius 1 is 1.39 bits per heavy atom. The molecule has 3 heterocycles. The first-order valence-electron chi connectivity index (χ1n) is 8.27. The second-order valence-electron chi connectivity index (χ2n) is 6.91. The number of carbonyl (C=O) groups excluding carboxylic acids is 2. The lowest BCUT2D eigenvalue weighted by Gasteiger charge is -2.21. The van der Waals surface area contributed by atoms with Crippen LogP contribution in [-0.2, 0) is 16.6 Å². The highest BCUT2D eigenvalue weighted by atomic mass is 16.5. The molecule has 0 aliphatic carbocycles. The average molecular weight is 319 g/mol. The fourth-order valence-corrected chi connectivity index (χ4v) is 3.57. The summed E-state index contributed by atoms with van der Waals surface area (Å²) in [7, 11) is 1.86. The normalized spacial score (nSPS) is 26.6. The Morgan fingerprint density at radius 3 is 2.83 bits per heavy atom. The van der Waals surface area contributed by atoms with Crippen LogP contribution >= 0.6 is 0 Å². The van der Waals surface area contributed by atoms with Crippen molar-refractivity contribution < 1.29 is 14.3 Å². The van der Waals surface area contributed by atoms with Crippen LogP contribution in [0.15, 0.2) is 18.3 Å². The van der Waals surface area contributed by atoms with E-state index in [4.69, 9.17) is 4.74 Å². The average Bonchev–Trinajstić information content (AvgIpc) is 3.19. The number of fused-ring (bicyclic) bond motifs is 1. The summed E-state index contributed by atoms with van der Waals surface area (Å²) in [4.78, 5) is 26.2. The number of aryl methyl sites for hydroxylation is 1. The largest absolute Gasteiger partial charge is 0.376 e. The number of nitrogens with one attached hydrogen (secondary N) is 1. The fourth-order valence-electron chi connectivity index (χ4n) is 3.57. The highest BCUT2D eigenvalue weighted by molar-refractivity contribution is 5.92. The molecule has 3 atom stereocenters. The zero-order chi connectivity index (χ0) is 16.6. The number of likely N-dealkylation sites (tertiary alicyclic amines) is 1. The van der Waals surface area contributed by atoms with Crippen LogP contribution in [0.25, 0.3) is 0 Å². The summed E-state index contributed by atoms with van der Waals surface area (Å²) in [5, 5.41) is 3.00.